The molecule has 0 bridgehead atoms. The van der Waals surface area contributed by atoms with Gasteiger partial charge in [0.15, 0.2) is 11.6 Å². The second kappa shape index (κ2) is 7.29. The fourth-order valence-corrected chi connectivity index (χ4v) is 2.75. The van der Waals surface area contributed by atoms with Gasteiger partial charge in [0.1, 0.15) is 0 Å². The molecule has 26 heavy (non-hydrogen) atoms. The SMILES string of the molecule is O=C(c1ccccc1)c1ccc(C(=O)c2ccc([N+](=O)[O-])cc2Cl)cc1. The molecule has 3 aromatic carbocycles. The van der Waals surface area contributed by atoms with Crippen LogP contribution in [0.4, 0.5) is 5.69 Å². The molecule has 0 N–H and O–H groups in total. The minimum Gasteiger partial charge on any atom is -0.289 e. The third kappa shape index (κ3) is 3.53. The van der Waals surface area contributed by atoms with Crippen molar-refractivity contribution in [2.24, 2.45) is 0 Å². The Balaban J connectivity index is 1.86. The lowest BCUT2D eigenvalue weighted by atomic mass is 9.98. The number of carbonyl (C=O) groups is 2. The second-order valence-electron chi connectivity index (χ2n) is 5.52. The van der Waals surface area contributed by atoms with Crippen LogP contribution in [-0.4, -0.2) is 16.5 Å². The Hall–Kier alpha value is -3.31. The molecule has 0 radical (unpaired) electrons. The maximum absolute atomic E-state index is 12.6. The normalized spacial score (nSPS) is 10.3. The monoisotopic (exact) mass is 365 g/mol. The van der Waals surface area contributed by atoms with E-state index in [1.165, 1.54) is 24.3 Å². The van der Waals surface area contributed by atoms with E-state index < -0.39 is 4.92 Å². The van der Waals surface area contributed by atoms with Gasteiger partial charge < -0.3 is 0 Å². The highest BCUT2D eigenvalue weighted by atomic mass is 35.5. The summed E-state index contributed by atoms with van der Waals surface area (Å²) in [7, 11) is 0. The number of nitrogens with zero attached hydrogens (tertiary/aromatic N) is 1. The predicted octanol–water partition coefficient (Wildman–Crippen LogP) is 4.71. The van der Waals surface area contributed by atoms with Crippen LogP contribution < -0.4 is 0 Å². The van der Waals surface area contributed by atoms with Crippen LogP contribution in [0.2, 0.25) is 5.02 Å². The number of non-ortho nitro benzene ring substituents is 1. The summed E-state index contributed by atoms with van der Waals surface area (Å²) in [6.07, 6.45) is 0. The lowest BCUT2D eigenvalue weighted by Gasteiger charge is -2.05. The molecule has 0 atom stereocenters. The zero-order valence-electron chi connectivity index (χ0n) is 13.4. The highest BCUT2D eigenvalue weighted by molar-refractivity contribution is 6.35. The quantitative estimate of drug-likeness (QED) is 0.372. The van der Waals surface area contributed by atoms with Gasteiger partial charge in [0.2, 0.25) is 0 Å². The van der Waals surface area contributed by atoms with Gasteiger partial charge in [-0.25, -0.2) is 0 Å². The molecule has 0 unspecified atom stereocenters. The molecular weight excluding hydrogens is 354 g/mol. The summed E-state index contributed by atoms with van der Waals surface area (Å²) >= 11 is 6.00. The Morgan fingerprint density at radius 2 is 1.31 bits per heavy atom. The molecule has 128 valence electrons. The first-order valence-corrected chi connectivity index (χ1v) is 8.03. The van der Waals surface area contributed by atoms with Crippen molar-refractivity contribution < 1.29 is 14.5 Å². The molecule has 0 aliphatic heterocycles. The third-order valence-corrected chi connectivity index (χ3v) is 4.17. The fraction of sp³-hybridized carbons (Fsp3) is 0. The number of carbonyl (C=O) groups excluding carboxylic acids is 2. The van der Waals surface area contributed by atoms with E-state index in [2.05, 4.69) is 0 Å². The first-order chi connectivity index (χ1) is 12.5. The number of hydrogen-bond acceptors (Lipinski definition) is 4. The van der Waals surface area contributed by atoms with Crippen LogP contribution in [-0.2, 0) is 0 Å². The van der Waals surface area contributed by atoms with Crippen molar-refractivity contribution in [1.29, 1.82) is 0 Å². The van der Waals surface area contributed by atoms with Crippen molar-refractivity contribution in [1.82, 2.24) is 0 Å². The second-order valence-corrected chi connectivity index (χ2v) is 5.93. The molecule has 0 aliphatic rings. The molecule has 0 amide bonds. The van der Waals surface area contributed by atoms with Crippen LogP contribution in [0.3, 0.4) is 0 Å². The first-order valence-electron chi connectivity index (χ1n) is 7.66. The van der Waals surface area contributed by atoms with Gasteiger partial charge in [-0.05, 0) is 6.07 Å². The van der Waals surface area contributed by atoms with Crippen molar-refractivity contribution in [2.45, 2.75) is 0 Å². The summed E-state index contributed by atoms with van der Waals surface area (Å²) in [6.45, 7) is 0. The number of benzene rings is 3. The van der Waals surface area contributed by atoms with Crippen LogP contribution in [0.1, 0.15) is 31.8 Å². The molecule has 0 aliphatic carbocycles. The molecule has 0 aromatic heterocycles. The highest BCUT2D eigenvalue weighted by Gasteiger charge is 2.17. The Labute approximate surface area is 154 Å². The van der Waals surface area contributed by atoms with Crippen LogP contribution in [0.25, 0.3) is 0 Å². The average Bonchev–Trinajstić information content (AvgIpc) is 2.67. The summed E-state index contributed by atoms with van der Waals surface area (Å²) < 4.78 is 0. The van der Waals surface area contributed by atoms with Crippen LogP contribution >= 0.6 is 11.6 Å². The smallest absolute Gasteiger partial charge is 0.270 e. The standard InChI is InChI=1S/C20H12ClNO4/c21-18-12-16(22(25)26)10-11-17(18)20(24)15-8-6-14(7-9-15)19(23)13-4-2-1-3-5-13/h1-12H. The average molecular weight is 366 g/mol. The van der Waals surface area contributed by atoms with Gasteiger partial charge in [0.05, 0.1) is 9.95 Å². The van der Waals surface area contributed by atoms with Gasteiger partial charge in [0, 0.05) is 34.4 Å². The number of nitro benzene ring substituents is 1. The largest absolute Gasteiger partial charge is 0.289 e. The highest BCUT2D eigenvalue weighted by Crippen LogP contribution is 2.25. The van der Waals surface area contributed by atoms with Gasteiger partial charge in [-0.15, -0.1) is 0 Å². The van der Waals surface area contributed by atoms with Crippen molar-refractivity contribution in [3.8, 4) is 0 Å². The van der Waals surface area contributed by atoms with E-state index in [4.69, 9.17) is 11.6 Å². The summed E-state index contributed by atoms with van der Waals surface area (Å²) in [4.78, 5) is 35.1. The van der Waals surface area contributed by atoms with Gasteiger partial charge >= 0.3 is 0 Å². The summed E-state index contributed by atoms with van der Waals surface area (Å²) in [5.74, 6) is -0.512. The molecule has 6 heteroatoms. The molecule has 5 nitrogen and oxygen atoms in total. The molecule has 0 heterocycles. The lowest BCUT2D eigenvalue weighted by molar-refractivity contribution is -0.384. The zero-order chi connectivity index (χ0) is 18.7. The molecule has 0 saturated heterocycles. The van der Waals surface area contributed by atoms with Crippen LogP contribution in [0.15, 0.2) is 72.8 Å². The van der Waals surface area contributed by atoms with E-state index in [-0.39, 0.29) is 27.8 Å². The Bertz CT molecular complexity index is 998. The number of hydrogen-bond donors (Lipinski definition) is 0. The van der Waals surface area contributed by atoms with Crippen molar-refractivity contribution in [3.63, 3.8) is 0 Å². The van der Waals surface area contributed by atoms with Gasteiger partial charge in [0.25, 0.3) is 5.69 Å². The Morgan fingerprint density at radius 3 is 1.85 bits per heavy atom. The summed E-state index contributed by atoms with van der Waals surface area (Å²) in [5.41, 5.74) is 1.34. The van der Waals surface area contributed by atoms with Gasteiger partial charge in [-0.1, -0.05) is 66.2 Å². The minimum atomic E-state index is -0.579. The third-order valence-electron chi connectivity index (χ3n) is 3.85. The van der Waals surface area contributed by atoms with E-state index in [0.717, 1.165) is 6.07 Å². The van der Waals surface area contributed by atoms with Gasteiger partial charge in [-0.2, -0.15) is 0 Å². The van der Waals surface area contributed by atoms with E-state index >= 15 is 0 Å². The number of nitro groups is 1. The Morgan fingerprint density at radius 1 is 0.769 bits per heavy atom. The van der Waals surface area contributed by atoms with Crippen molar-refractivity contribution >= 4 is 28.9 Å². The molecule has 3 rings (SSSR count). The molecular formula is C20H12ClNO4. The molecule has 0 saturated carbocycles. The molecule has 0 spiro atoms. The first kappa shape index (κ1) is 17.5. The zero-order valence-corrected chi connectivity index (χ0v) is 14.1. The number of halogens is 1. The number of rotatable bonds is 5. The maximum atomic E-state index is 12.6. The van der Waals surface area contributed by atoms with E-state index in [0.29, 0.717) is 16.7 Å². The topological polar surface area (TPSA) is 77.3 Å². The summed E-state index contributed by atoms with van der Waals surface area (Å²) in [5, 5.41) is 10.8. The summed E-state index contributed by atoms with van der Waals surface area (Å²) in [6, 6.07) is 18.7. The fourth-order valence-electron chi connectivity index (χ4n) is 2.49. The van der Waals surface area contributed by atoms with Crippen LogP contribution in [0, 0.1) is 10.1 Å². The van der Waals surface area contributed by atoms with E-state index in [9.17, 15) is 19.7 Å². The van der Waals surface area contributed by atoms with Crippen LogP contribution in [0.5, 0.6) is 0 Å². The van der Waals surface area contributed by atoms with E-state index in [1.54, 1.807) is 36.4 Å². The Kier molecular flexibility index (Phi) is 4.91. The maximum Gasteiger partial charge on any atom is 0.270 e. The minimum absolute atomic E-state index is 0.00800. The van der Waals surface area contributed by atoms with Crippen molar-refractivity contribution in [3.05, 3.63) is 110 Å². The molecule has 0 fully saturated rings. The van der Waals surface area contributed by atoms with Gasteiger partial charge in [-0.3, -0.25) is 19.7 Å². The number of ketones is 2. The lowest BCUT2D eigenvalue weighted by Crippen LogP contribution is -2.05. The molecule has 3 aromatic rings. The van der Waals surface area contributed by atoms with Crippen molar-refractivity contribution in [2.75, 3.05) is 0 Å². The van der Waals surface area contributed by atoms with E-state index in [1.807, 2.05) is 6.07 Å². The predicted molar refractivity (Wildman–Crippen MR) is 97.9 cm³/mol.